The van der Waals surface area contributed by atoms with Gasteiger partial charge in [0.2, 0.25) is 0 Å². The van der Waals surface area contributed by atoms with Crippen LogP contribution in [0.2, 0.25) is 0 Å². The second-order valence-electron chi connectivity index (χ2n) is 7.96. The molecule has 0 saturated carbocycles. The van der Waals surface area contributed by atoms with Crippen LogP contribution in [0.15, 0.2) is 63.8 Å². The minimum absolute atomic E-state index is 0.139. The van der Waals surface area contributed by atoms with Gasteiger partial charge in [0.05, 0.1) is 12.2 Å². The van der Waals surface area contributed by atoms with Crippen LogP contribution in [-0.2, 0) is 24.3 Å². The predicted molar refractivity (Wildman–Crippen MR) is 126 cm³/mol. The predicted octanol–water partition coefficient (Wildman–Crippen LogP) is 3.91. The molecule has 0 atom stereocenters. The Labute approximate surface area is 192 Å². The zero-order chi connectivity index (χ0) is 23.4. The third-order valence-corrected chi connectivity index (χ3v) is 5.72. The molecule has 33 heavy (non-hydrogen) atoms. The molecule has 0 fully saturated rings. The zero-order valence-electron chi connectivity index (χ0n) is 19.1. The summed E-state index contributed by atoms with van der Waals surface area (Å²) in [6.07, 6.45) is 0.728. The van der Waals surface area contributed by atoms with Gasteiger partial charge >= 0.3 is 5.63 Å². The Balaban J connectivity index is 1.37. The smallest absolute Gasteiger partial charge is 0.336 e. The van der Waals surface area contributed by atoms with E-state index >= 15 is 0 Å². The Kier molecular flexibility index (Phi) is 6.58. The van der Waals surface area contributed by atoms with Crippen LogP contribution in [0.3, 0.4) is 0 Å². The second kappa shape index (κ2) is 9.73. The summed E-state index contributed by atoms with van der Waals surface area (Å²) in [6.45, 7) is 6.86. The summed E-state index contributed by atoms with van der Waals surface area (Å²) in [7, 11) is 0. The molecule has 0 spiro atoms. The fourth-order valence-electron chi connectivity index (χ4n) is 3.88. The number of fused-ring (bicyclic) bond motifs is 1. The van der Waals surface area contributed by atoms with Crippen LogP contribution in [-0.4, -0.2) is 22.3 Å². The molecule has 0 aliphatic carbocycles. The van der Waals surface area contributed by atoms with Crippen molar-refractivity contribution in [2.75, 3.05) is 6.61 Å². The molecule has 1 N–H and O–H groups in total. The number of benzene rings is 2. The first-order valence-electron chi connectivity index (χ1n) is 11.0. The van der Waals surface area contributed by atoms with Crippen molar-refractivity contribution < 1.29 is 13.9 Å². The molecule has 4 aromatic rings. The Hall–Kier alpha value is -3.87. The van der Waals surface area contributed by atoms with E-state index in [0.29, 0.717) is 24.4 Å². The first-order chi connectivity index (χ1) is 15.9. The van der Waals surface area contributed by atoms with E-state index in [0.717, 1.165) is 34.3 Å². The third-order valence-electron chi connectivity index (χ3n) is 5.72. The minimum Gasteiger partial charge on any atom is -0.484 e. The number of amides is 1. The molecule has 2 heterocycles. The van der Waals surface area contributed by atoms with Gasteiger partial charge in [-0.05, 0) is 43.5 Å². The van der Waals surface area contributed by atoms with Gasteiger partial charge in [0.1, 0.15) is 11.3 Å². The van der Waals surface area contributed by atoms with Crippen molar-refractivity contribution in [2.24, 2.45) is 0 Å². The molecule has 0 radical (unpaired) electrons. The van der Waals surface area contributed by atoms with E-state index in [9.17, 15) is 9.59 Å². The summed E-state index contributed by atoms with van der Waals surface area (Å²) in [5, 5.41) is 8.40. The number of hydrogen-bond acceptors (Lipinski definition) is 5. The number of rotatable bonds is 8. The molecular weight excluding hydrogens is 418 g/mol. The fraction of sp³-hybridized carbons (Fsp3) is 0.269. The van der Waals surface area contributed by atoms with Gasteiger partial charge in [-0.3, -0.25) is 9.48 Å². The van der Waals surface area contributed by atoms with Crippen LogP contribution in [0, 0.1) is 13.8 Å². The van der Waals surface area contributed by atoms with E-state index in [-0.39, 0.29) is 12.5 Å². The number of carbonyl (C=O) groups excluding carboxylic acids is 1. The van der Waals surface area contributed by atoms with E-state index in [4.69, 9.17) is 9.15 Å². The van der Waals surface area contributed by atoms with Gasteiger partial charge in [-0.1, -0.05) is 37.3 Å². The van der Waals surface area contributed by atoms with Crippen LogP contribution >= 0.6 is 0 Å². The highest BCUT2D eigenvalue weighted by atomic mass is 16.5. The molecule has 0 aliphatic heterocycles. The molecule has 2 aromatic carbocycles. The highest BCUT2D eigenvalue weighted by Crippen LogP contribution is 2.23. The quantitative estimate of drug-likeness (QED) is 0.416. The third kappa shape index (κ3) is 5.14. The molecule has 0 aliphatic rings. The summed E-state index contributed by atoms with van der Waals surface area (Å²) in [6, 6.07) is 16.9. The van der Waals surface area contributed by atoms with E-state index < -0.39 is 5.63 Å². The first-order valence-corrected chi connectivity index (χ1v) is 11.0. The first kappa shape index (κ1) is 22.3. The van der Waals surface area contributed by atoms with E-state index in [1.807, 2.05) is 49.7 Å². The lowest BCUT2D eigenvalue weighted by atomic mass is 10.1. The number of hydrogen-bond donors (Lipinski definition) is 1. The van der Waals surface area contributed by atoms with E-state index in [1.54, 1.807) is 12.1 Å². The molecular formula is C26H27N3O4. The summed E-state index contributed by atoms with van der Waals surface area (Å²) in [4.78, 5) is 24.1. The topological polar surface area (TPSA) is 86.4 Å². The number of ether oxygens (including phenoxy) is 1. The standard InChI is InChI=1S/C26H27N3O4/c1-4-20-12-26(31)33-24-13-21(10-11-22(20)24)32-16-25(30)27-14-23-17(2)28-29(18(23)3)15-19-8-6-5-7-9-19/h5-13H,4,14-16H2,1-3H3,(H,27,30). The van der Waals surface area contributed by atoms with Crippen molar-refractivity contribution in [3.63, 3.8) is 0 Å². The van der Waals surface area contributed by atoms with Crippen LogP contribution in [0.4, 0.5) is 0 Å². The van der Waals surface area contributed by atoms with Crippen LogP contribution in [0.1, 0.15) is 35.0 Å². The SMILES string of the molecule is CCc1cc(=O)oc2cc(OCC(=O)NCc3c(C)nn(Cc4ccccc4)c3C)ccc12. The van der Waals surface area contributed by atoms with Crippen molar-refractivity contribution in [3.8, 4) is 5.75 Å². The number of carbonyl (C=O) groups is 1. The highest BCUT2D eigenvalue weighted by Gasteiger charge is 2.13. The molecule has 7 heteroatoms. The van der Waals surface area contributed by atoms with Crippen LogP contribution < -0.4 is 15.7 Å². The van der Waals surface area contributed by atoms with Gasteiger partial charge in [0.15, 0.2) is 6.61 Å². The van der Waals surface area contributed by atoms with Crippen LogP contribution in [0.5, 0.6) is 5.75 Å². The average molecular weight is 446 g/mol. The summed E-state index contributed by atoms with van der Waals surface area (Å²) >= 11 is 0. The molecule has 0 saturated heterocycles. The molecule has 1 amide bonds. The Bertz CT molecular complexity index is 1340. The molecule has 170 valence electrons. The second-order valence-corrected chi connectivity index (χ2v) is 7.96. The summed E-state index contributed by atoms with van der Waals surface area (Å²) in [5.74, 6) is 0.227. The van der Waals surface area contributed by atoms with Crippen molar-refractivity contribution in [1.82, 2.24) is 15.1 Å². The van der Waals surface area contributed by atoms with Crippen molar-refractivity contribution >= 4 is 16.9 Å². The number of aromatic nitrogens is 2. The van der Waals surface area contributed by atoms with Gasteiger partial charge in [-0.25, -0.2) is 4.79 Å². The lowest BCUT2D eigenvalue weighted by Crippen LogP contribution is -2.28. The Morgan fingerprint density at radius 3 is 2.67 bits per heavy atom. The number of aryl methyl sites for hydroxylation is 2. The summed E-state index contributed by atoms with van der Waals surface area (Å²) in [5.41, 5.74) is 5.06. The van der Waals surface area contributed by atoms with Gasteiger partial charge in [-0.2, -0.15) is 5.10 Å². The maximum absolute atomic E-state index is 12.4. The lowest BCUT2D eigenvalue weighted by molar-refractivity contribution is -0.123. The number of nitrogens with one attached hydrogen (secondary N) is 1. The molecule has 4 rings (SSSR count). The lowest BCUT2D eigenvalue weighted by Gasteiger charge is -2.10. The maximum atomic E-state index is 12.4. The Morgan fingerprint density at radius 1 is 1.12 bits per heavy atom. The Morgan fingerprint density at radius 2 is 1.91 bits per heavy atom. The van der Waals surface area contributed by atoms with Crippen molar-refractivity contribution in [2.45, 2.75) is 40.3 Å². The molecule has 2 aromatic heterocycles. The fourth-order valence-corrected chi connectivity index (χ4v) is 3.88. The normalized spacial score (nSPS) is 11.0. The maximum Gasteiger partial charge on any atom is 0.336 e. The summed E-state index contributed by atoms with van der Waals surface area (Å²) < 4.78 is 12.9. The molecule has 0 bridgehead atoms. The average Bonchev–Trinajstić information content (AvgIpc) is 3.08. The largest absolute Gasteiger partial charge is 0.484 e. The van der Waals surface area contributed by atoms with E-state index in [2.05, 4.69) is 22.5 Å². The van der Waals surface area contributed by atoms with Gasteiger partial charge in [0.25, 0.3) is 5.91 Å². The van der Waals surface area contributed by atoms with Crippen LogP contribution in [0.25, 0.3) is 11.0 Å². The van der Waals surface area contributed by atoms with Gasteiger partial charge in [0, 0.05) is 35.3 Å². The van der Waals surface area contributed by atoms with Crippen molar-refractivity contribution in [1.29, 1.82) is 0 Å². The minimum atomic E-state index is -0.396. The van der Waals surface area contributed by atoms with E-state index in [1.165, 1.54) is 11.6 Å². The van der Waals surface area contributed by atoms with Gasteiger partial charge in [-0.15, -0.1) is 0 Å². The van der Waals surface area contributed by atoms with Gasteiger partial charge < -0.3 is 14.5 Å². The monoisotopic (exact) mass is 445 g/mol. The van der Waals surface area contributed by atoms with Crippen molar-refractivity contribution in [3.05, 3.63) is 93.1 Å². The molecule has 7 nitrogen and oxygen atoms in total. The number of nitrogens with zero attached hydrogens (tertiary/aromatic N) is 2. The zero-order valence-corrected chi connectivity index (χ0v) is 19.1. The highest BCUT2D eigenvalue weighted by molar-refractivity contribution is 5.82. The molecule has 0 unspecified atom stereocenters.